The molecule has 0 aliphatic heterocycles. The molecule has 0 spiro atoms. The van der Waals surface area contributed by atoms with Crippen molar-refractivity contribution >= 4 is 12.1 Å². The van der Waals surface area contributed by atoms with Crippen LogP contribution in [0.1, 0.15) is 44.6 Å². The number of ether oxygens (including phenoxy) is 1. The standard InChI is InChI=1S/C19H27NO4/c1-14-6-5-9-16(10-14)11-17(18(21)22)12-20-19(23)24-13-15-7-3-2-4-8-15/h2-4,7-8,14,16-17H,5-6,9-13H2,1H3,(H,20,23)(H,21,22). The summed E-state index contributed by atoms with van der Waals surface area (Å²) >= 11 is 0. The Morgan fingerprint density at radius 1 is 1.29 bits per heavy atom. The van der Waals surface area contributed by atoms with Gasteiger partial charge in [0.05, 0.1) is 5.92 Å². The van der Waals surface area contributed by atoms with Gasteiger partial charge in [0.25, 0.3) is 0 Å². The van der Waals surface area contributed by atoms with Crippen LogP contribution in [0.2, 0.25) is 0 Å². The van der Waals surface area contributed by atoms with Crippen LogP contribution in [0.3, 0.4) is 0 Å². The average Bonchev–Trinajstić information content (AvgIpc) is 2.57. The molecule has 0 radical (unpaired) electrons. The lowest BCUT2D eigenvalue weighted by atomic mass is 9.78. The molecule has 3 atom stereocenters. The summed E-state index contributed by atoms with van der Waals surface area (Å²) in [5.41, 5.74) is 0.902. The van der Waals surface area contributed by atoms with E-state index in [4.69, 9.17) is 4.74 Å². The van der Waals surface area contributed by atoms with Gasteiger partial charge in [0, 0.05) is 6.54 Å². The first kappa shape index (κ1) is 18.3. The van der Waals surface area contributed by atoms with Crippen molar-refractivity contribution in [1.29, 1.82) is 0 Å². The van der Waals surface area contributed by atoms with E-state index in [1.165, 1.54) is 12.8 Å². The molecular formula is C19H27NO4. The molecule has 0 heterocycles. The Labute approximate surface area is 143 Å². The van der Waals surface area contributed by atoms with Gasteiger partial charge < -0.3 is 15.2 Å². The molecule has 5 nitrogen and oxygen atoms in total. The summed E-state index contributed by atoms with van der Waals surface area (Å²) in [5, 5.41) is 12.0. The molecule has 3 unspecified atom stereocenters. The fourth-order valence-electron chi connectivity index (χ4n) is 3.43. The van der Waals surface area contributed by atoms with Crippen molar-refractivity contribution in [3.8, 4) is 0 Å². The highest BCUT2D eigenvalue weighted by Gasteiger charge is 2.26. The van der Waals surface area contributed by atoms with Gasteiger partial charge in [0.1, 0.15) is 6.61 Å². The van der Waals surface area contributed by atoms with Crippen LogP contribution in [0.15, 0.2) is 30.3 Å². The van der Waals surface area contributed by atoms with Gasteiger partial charge in [-0.25, -0.2) is 4.79 Å². The fourth-order valence-corrected chi connectivity index (χ4v) is 3.43. The van der Waals surface area contributed by atoms with Gasteiger partial charge in [-0.2, -0.15) is 0 Å². The summed E-state index contributed by atoms with van der Waals surface area (Å²) in [7, 11) is 0. The predicted octanol–water partition coefficient (Wildman–Crippen LogP) is 3.83. The molecular weight excluding hydrogens is 306 g/mol. The zero-order valence-corrected chi connectivity index (χ0v) is 14.2. The van der Waals surface area contributed by atoms with E-state index in [0.29, 0.717) is 18.3 Å². The lowest BCUT2D eigenvalue weighted by Crippen LogP contribution is -2.34. The lowest BCUT2D eigenvalue weighted by Gasteiger charge is -2.28. The molecule has 0 aromatic heterocycles. The number of carboxylic acids is 1. The van der Waals surface area contributed by atoms with E-state index < -0.39 is 18.0 Å². The molecule has 0 saturated heterocycles. The fraction of sp³-hybridized carbons (Fsp3) is 0.579. The molecule has 1 saturated carbocycles. The zero-order valence-electron chi connectivity index (χ0n) is 14.2. The van der Waals surface area contributed by atoms with Crippen molar-refractivity contribution in [1.82, 2.24) is 5.32 Å². The minimum atomic E-state index is -0.850. The third-order valence-corrected chi connectivity index (χ3v) is 4.72. The molecule has 0 bridgehead atoms. The van der Waals surface area contributed by atoms with Gasteiger partial charge in [0.2, 0.25) is 0 Å². The molecule has 1 fully saturated rings. The van der Waals surface area contributed by atoms with Crippen LogP contribution in [0.4, 0.5) is 4.79 Å². The van der Waals surface area contributed by atoms with E-state index in [0.717, 1.165) is 18.4 Å². The number of nitrogens with one attached hydrogen (secondary N) is 1. The number of rotatable bonds is 7. The maximum absolute atomic E-state index is 11.8. The van der Waals surface area contributed by atoms with Gasteiger partial charge in [-0.3, -0.25) is 4.79 Å². The smallest absolute Gasteiger partial charge is 0.407 e. The Hall–Kier alpha value is -2.04. The van der Waals surface area contributed by atoms with Crippen LogP contribution in [-0.2, 0) is 16.1 Å². The second-order valence-corrected chi connectivity index (χ2v) is 6.85. The number of amides is 1. The van der Waals surface area contributed by atoms with E-state index in [1.54, 1.807) is 0 Å². The normalized spacial score (nSPS) is 21.7. The molecule has 1 aromatic carbocycles. The average molecular weight is 333 g/mol. The third-order valence-electron chi connectivity index (χ3n) is 4.72. The molecule has 5 heteroatoms. The Balaban J connectivity index is 1.74. The molecule has 2 rings (SSSR count). The van der Waals surface area contributed by atoms with Crippen LogP contribution in [0, 0.1) is 17.8 Å². The van der Waals surface area contributed by atoms with Gasteiger partial charge in [-0.15, -0.1) is 0 Å². The maximum atomic E-state index is 11.8. The number of hydrogen-bond donors (Lipinski definition) is 2. The summed E-state index contributed by atoms with van der Waals surface area (Å²) in [6, 6.07) is 9.40. The second-order valence-electron chi connectivity index (χ2n) is 6.85. The van der Waals surface area contributed by atoms with E-state index >= 15 is 0 Å². The van der Waals surface area contributed by atoms with Gasteiger partial charge in [-0.1, -0.05) is 56.5 Å². The molecule has 2 N–H and O–H groups in total. The van der Waals surface area contributed by atoms with E-state index in [1.807, 2.05) is 30.3 Å². The Kier molecular flexibility index (Phi) is 7.09. The minimum Gasteiger partial charge on any atom is -0.481 e. The van der Waals surface area contributed by atoms with E-state index in [9.17, 15) is 14.7 Å². The van der Waals surface area contributed by atoms with E-state index in [-0.39, 0.29) is 13.2 Å². The molecule has 132 valence electrons. The lowest BCUT2D eigenvalue weighted by molar-refractivity contribution is -0.142. The Morgan fingerprint density at radius 2 is 2.04 bits per heavy atom. The Bertz CT molecular complexity index is 531. The number of benzene rings is 1. The summed E-state index contributed by atoms with van der Waals surface area (Å²) in [4.78, 5) is 23.2. The number of hydrogen-bond acceptors (Lipinski definition) is 3. The summed E-state index contributed by atoms with van der Waals surface area (Å²) < 4.78 is 5.12. The largest absolute Gasteiger partial charge is 0.481 e. The second kappa shape index (κ2) is 9.30. The van der Waals surface area contributed by atoms with Crippen LogP contribution < -0.4 is 5.32 Å². The highest BCUT2D eigenvalue weighted by atomic mass is 16.5. The Morgan fingerprint density at radius 3 is 2.71 bits per heavy atom. The third kappa shape index (κ3) is 6.22. The quantitative estimate of drug-likeness (QED) is 0.795. The number of alkyl carbamates (subject to hydrolysis) is 1. The first-order valence-electron chi connectivity index (χ1n) is 8.72. The summed E-state index contributed by atoms with van der Waals surface area (Å²) in [6.07, 6.45) is 4.64. The van der Waals surface area contributed by atoms with Crippen molar-refractivity contribution in [3.05, 3.63) is 35.9 Å². The summed E-state index contributed by atoms with van der Waals surface area (Å²) in [5.74, 6) is -0.292. The minimum absolute atomic E-state index is 0.119. The molecule has 1 aliphatic rings. The molecule has 1 amide bonds. The van der Waals surface area contributed by atoms with Crippen molar-refractivity contribution in [2.75, 3.05) is 6.54 Å². The number of carbonyl (C=O) groups is 2. The monoisotopic (exact) mass is 333 g/mol. The van der Waals surface area contributed by atoms with Crippen LogP contribution >= 0.6 is 0 Å². The van der Waals surface area contributed by atoms with Gasteiger partial charge in [-0.05, 0) is 30.2 Å². The summed E-state index contributed by atoms with van der Waals surface area (Å²) in [6.45, 7) is 2.53. The molecule has 1 aromatic rings. The number of aliphatic carboxylic acids is 1. The van der Waals surface area contributed by atoms with Gasteiger partial charge >= 0.3 is 12.1 Å². The van der Waals surface area contributed by atoms with Crippen LogP contribution in [0.5, 0.6) is 0 Å². The zero-order chi connectivity index (χ0) is 17.4. The predicted molar refractivity (Wildman–Crippen MR) is 91.5 cm³/mol. The highest BCUT2D eigenvalue weighted by molar-refractivity contribution is 5.72. The first-order chi connectivity index (χ1) is 11.5. The molecule has 1 aliphatic carbocycles. The van der Waals surface area contributed by atoms with Crippen molar-refractivity contribution < 1.29 is 19.4 Å². The number of carbonyl (C=O) groups excluding carboxylic acids is 1. The van der Waals surface area contributed by atoms with Crippen molar-refractivity contribution in [2.45, 2.75) is 45.6 Å². The molecule has 24 heavy (non-hydrogen) atoms. The van der Waals surface area contributed by atoms with Crippen LogP contribution in [0.25, 0.3) is 0 Å². The van der Waals surface area contributed by atoms with Crippen LogP contribution in [-0.4, -0.2) is 23.7 Å². The maximum Gasteiger partial charge on any atom is 0.407 e. The van der Waals surface area contributed by atoms with Crippen molar-refractivity contribution in [2.24, 2.45) is 17.8 Å². The number of carboxylic acid groups (broad SMARTS) is 1. The van der Waals surface area contributed by atoms with E-state index in [2.05, 4.69) is 12.2 Å². The first-order valence-corrected chi connectivity index (χ1v) is 8.72. The van der Waals surface area contributed by atoms with Gasteiger partial charge in [0.15, 0.2) is 0 Å². The van der Waals surface area contributed by atoms with Crippen molar-refractivity contribution in [3.63, 3.8) is 0 Å². The highest BCUT2D eigenvalue weighted by Crippen LogP contribution is 2.32. The topological polar surface area (TPSA) is 75.6 Å². The SMILES string of the molecule is CC1CCCC(CC(CNC(=O)OCc2ccccc2)C(=O)O)C1.